The molecule has 23 heavy (non-hydrogen) atoms. The minimum absolute atomic E-state index is 0.0262. The molecule has 0 bridgehead atoms. The Kier molecular flexibility index (Phi) is 4.10. The van der Waals surface area contributed by atoms with E-state index in [2.05, 4.69) is 11.4 Å². The number of nitro groups is 1. The summed E-state index contributed by atoms with van der Waals surface area (Å²) in [7, 11) is 0. The van der Waals surface area contributed by atoms with E-state index in [1.165, 1.54) is 11.6 Å². The van der Waals surface area contributed by atoms with Crippen LogP contribution in [0.15, 0.2) is 42.5 Å². The first-order chi connectivity index (χ1) is 11.1. The van der Waals surface area contributed by atoms with Crippen LogP contribution in [0.4, 0.5) is 5.69 Å². The van der Waals surface area contributed by atoms with Gasteiger partial charge in [-0.3, -0.25) is 14.9 Å². The molecule has 0 unspecified atom stereocenters. The third-order valence-corrected chi connectivity index (χ3v) is 4.42. The second-order valence-electron chi connectivity index (χ2n) is 5.82. The van der Waals surface area contributed by atoms with Crippen LogP contribution < -0.4 is 5.32 Å². The van der Waals surface area contributed by atoms with Gasteiger partial charge in [0.15, 0.2) is 0 Å². The Morgan fingerprint density at radius 2 is 2.00 bits per heavy atom. The first kappa shape index (κ1) is 15.2. The monoisotopic (exact) mass is 310 g/mol. The van der Waals surface area contributed by atoms with E-state index >= 15 is 0 Å². The summed E-state index contributed by atoms with van der Waals surface area (Å²) in [6.45, 7) is 1.61. The summed E-state index contributed by atoms with van der Waals surface area (Å²) in [5.74, 6) is -0.257. The summed E-state index contributed by atoms with van der Waals surface area (Å²) in [4.78, 5) is 23.2. The number of hydrogen-bond donors (Lipinski definition) is 1. The first-order valence-electron chi connectivity index (χ1n) is 7.70. The number of nitrogens with one attached hydrogen (secondary N) is 1. The van der Waals surface area contributed by atoms with Crippen LogP contribution in [0.5, 0.6) is 0 Å². The van der Waals surface area contributed by atoms with E-state index < -0.39 is 4.92 Å². The summed E-state index contributed by atoms with van der Waals surface area (Å²) in [5.41, 5.74) is 3.15. The van der Waals surface area contributed by atoms with Gasteiger partial charge in [-0.1, -0.05) is 30.3 Å². The molecule has 0 aliphatic heterocycles. The van der Waals surface area contributed by atoms with Crippen LogP contribution in [0, 0.1) is 17.0 Å². The Labute approximate surface area is 134 Å². The lowest BCUT2D eigenvalue weighted by Gasteiger charge is -2.26. The van der Waals surface area contributed by atoms with Gasteiger partial charge in [0, 0.05) is 17.2 Å². The van der Waals surface area contributed by atoms with E-state index in [4.69, 9.17) is 0 Å². The van der Waals surface area contributed by atoms with Gasteiger partial charge in [-0.15, -0.1) is 0 Å². The highest BCUT2D eigenvalue weighted by Crippen LogP contribution is 2.30. The Balaban J connectivity index is 1.86. The van der Waals surface area contributed by atoms with E-state index in [1.54, 1.807) is 19.1 Å². The number of carbonyl (C=O) groups excluding carboxylic acids is 1. The predicted molar refractivity (Wildman–Crippen MR) is 87.4 cm³/mol. The lowest BCUT2D eigenvalue weighted by molar-refractivity contribution is -0.385. The van der Waals surface area contributed by atoms with E-state index in [1.807, 2.05) is 18.2 Å². The van der Waals surface area contributed by atoms with E-state index in [0.717, 1.165) is 24.8 Å². The van der Waals surface area contributed by atoms with Crippen LogP contribution in [-0.2, 0) is 6.42 Å². The van der Waals surface area contributed by atoms with Crippen LogP contribution >= 0.6 is 0 Å². The van der Waals surface area contributed by atoms with Crippen molar-refractivity contribution in [1.82, 2.24) is 5.32 Å². The summed E-state index contributed by atoms with van der Waals surface area (Å²) in [6.07, 6.45) is 2.94. The maximum Gasteiger partial charge on any atom is 0.273 e. The molecule has 0 heterocycles. The molecule has 5 nitrogen and oxygen atoms in total. The number of hydrogen-bond acceptors (Lipinski definition) is 3. The van der Waals surface area contributed by atoms with Gasteiger partial charge >= 0.3 is 0 Å². The molecule has 1 aliphatic rings. The van der Waals surface area contributed by atoms with E-state index in [0.29, 0.717) is 11.1 Å². The molecular formula is C18H18N2O3. The van der Waals surface area contributed by atoms with Crippen molar-refractivity contribution in [3.63, 3.8) is 0 Å². The number of benzene rings is 2. The fraction of sp³-hybridized carbons (Fsp3) is 0.278. The minimum atomic E-state index is -0.456. The van der Waals surface area contributed by atoms with Crippen molar-refractivity contribution < 1.29 is 9.72 Å². The minimum Gasteiger partial charge on any atom is -0.345 e. The first-order valence-corrected chi connectivity index (χ1v) is 7.70. The molecule has 118 valence electrons. The maximum atomic E-state index is 12.6. The topological polar surface area (TPSA) is 72.2 Å². The predicted octanol–water partition coefficient (Wildman–Crippen LogP) is 3.71. The van der Waals surface area contributed by atoms with Crippen molar-refractivity contribution in [3.8, 4) is 0 Å². The van der Waals surface area contributed by atoms with Gasteiger partial charge in [0.2, 0.25) is 0 Å². The summed E-state index contributed by atoms with van der Waals surface area (Å²) >= 11 is 0. The fourth-order valence-corrected chi connectivity index (χ4v) is 3.21. The van der Waals surface area contributed by atoms with Gasteiger partial charge in [-0.05, 0) is 43.4 Å². The molecule has 1 amide bonds. The third kappa shape index (κ3) is 2.95. The second kappa shape index (κ2) is 6.20. The Hall–Kier alpha value is -2.69. The zero-order valence-corrected chi connectivity index (χ0v) is 12.9. The molecule has 1 N–H and O–H groups in total. The van der Waals surface area contributed by atoms with Crippen LogP contribution in [0.3, 0.4) is 0 Å². The Morgan fingerprint density at radius 3 is 2.78 bits per heavy atom. The quantitative estimate of drug-likeness (QED) is 0.694. The molecular weight excluding hydrogens is 292 g/mol. The van der Waals surface area contributed by atoms with Crippen molar-refractivity contribution >= 4 is 11.6 Å². The van der Waals surface area contributed by atoms with Gasteiger partial charge in [-0.2, -0.15) is 0 Å². The SMILES string of the molecule is Cc1c(C(=O)N[C@@H]2CCCc3ccccc32)cccc1[N+](=O)[O-]. The van der Waals surface area contributed by atoms with Crippen molar-refractivity contribution in [3.05, 3.63) is 74.8 Å². The Morgan fingerprint density at radius 1 is 1.22 bits per heavy atom. The van der Waals surface area contributed by atoms with Gasteiger partial charge in [0.05, 0.1) is 11.0 Å². The van der Waals surface area contributed by atoms with E-state index in [-0.39, 0.29) is 17.6 Å². The van der Waals surface area contributed by atoms with Gasteiger partial charge in [0.1, 0.15) is 0 Å². The molecule has 0 radical (unpaired) electrons. The number of nitrogens with zero attached hydrogens (tertiary/aromatic N) is 1. The number of carbonyl (C=O) groups is 1. The van der Waals surface area contributed by atoms with Crippen molar-refractivity contribution in [1.29, 1.82) is 0 Å². The zero-order chi connectivity index (χ0) is 16.4. The van der Waals surface area contributed by atoms with Gasteiger partial charge in [0.25, 0.3) is 11.6 Å². The second-order valence-corrected chi connectivity index (χ2v) is 5.82. The van der Waals surface area contributed by atoms with Crippen LogP contribution in [0.2, 0.25) is 0 Å². The summed E-state index contributed by atoms with van der Waals surface area (Å²) in [5, 5.41) is 14.1. The number of nitro benzene ring substituents is 1. The third-order valence-electron chi connectivity index (χ3n) is 4.42. The normalized spacial score (nSPS) is 16.5. The molecule has 2 aromatic carbocycles. The van der Waals surface area contributed by atoms with Crippen LogP contribution in [0.1, 0.15) is 45.9 Å². The standard InChI is InChI=1S/C18H18N2O3/c1-12-14(9-5-11-17(12)20(22)23)18(21)19-16-10-4-7-13-6-2-3-8-15(13)16/h2-3,5-6,8-9,11,16H,4,7,10H2,1H3,(H,19,21)/t16-/m1/s1. The molecule has 3 rings (SSSR count). The van der Waals surface area contributed by atoms with E-state index in [9.17, 15) is 14.9 Å². The molecule has 0 saturated carbocycles. The van der Waals surface area contributed by atoms with Crippen molar-refractivity contribution in [2.45, 2.75) is 32.2 Å². The highest BCUT2D eigenvalue weighted by molar-refractivity contribution is 5.96. The molecule has 5 heteroatoms. The molecule has 0 saturated heterocycles. The lowest BCUT2D eigenvalue weighted by Crippen LogP contribution is -2.31. The maximum absolute atomic E-state index is 12.6. The summed E-state index contributed by atoms with van der Waals surface area (Å²) < 4.78 is 0. The van der Waals surface area contributed by atoms with Gasteiger partial charge in [-0.25, -0.2) is 0 Å². The average molecular weight is 310 g/mol. The van der Waals surface area contributed by atoms with Gasteiger partial charge < -0.3 is 5.32 Å². The molecule has 0 spiro atoms. The molecule has 0 aromatic heterocycles. The highest BCUT2D eigenvalue weighted by Gasteiger charge is 2.24. The van der Waals surface area contributed by atoms with Crippen molar-refractivity contribution in [2.75, 3.05) is 0 Å². The van der Waals surface area contributed by atoms with Crippen molar-refractivity contribution in [2.24, 2.45) is 0 Å². The lowest BCUT2D eigenvalue weighted by atomic mass is 9.87. The van der Waals surface area contributed by atoms with Crippen LogP contribution in [0.25, 0.3) is 0 Å². The largest absolute Gasteiger partial charge is 0.345 e. The zero-order valence-electron chi connectivity index (χ0n) is 12.9. The molecule has 1 aliphatic carbocycles. The smallest absolute Gasteiger partial charge is 0.273 e. The number of amides is 1. The average Bonchev–Trinajstić information content (AvgIpc) is 2.55. The summed E-state index contributed by atoms with van der Waals surface area (Å²) in [6, 6.07) is 12.7. The van der Waals surface area contributed by atoms with Crippen LogP contribution in [-0.4, -0.2) is 10.8 Å². The number of rotatable bonds is 3. The molecule has 0 fully saturated rings. The number of fused-ring (bicyclic) bond motifs is 1. The molecule has 2 aromatic rings. The Bertz CT molecular complexity index is 771. The number of aryl methyl sites for hydroxylation is 1. The highest BCUT2D eigenvalue weighted by atomic mass is 16.6. The molecule has 1 atom stereocenters. The fourth-order valence-electron chi connectivity index (χ4n) is 3.21.